The van der Waals surface area contributed by atoms with Gasteiger partial charge in [0.1, 0.15) is 5.60 Å². The lowest BCUT2D eigenvalue weighted by molar-refractivity contribution is -0.00816. The maximum atomic E-state index is 11.9. The first-order valence-corrected chi connectivity index (χ1v) is 9.08. The Morgan fingerprint density at radius 3 is 2.46 bits per heavy atom. The summed E-state index contributed by atoms with van der Waals surface area (Å²) in [7, 11) is 0. The van der Waals surface area contributed by atoms with Gasteiger partial charge in [-0.3, -0.25) is 0 Å². The monoisotopic (exact) mass is 342 g/mol. The number of nitrogens with one attached hydrogen (secondary N) is 2. The van der Waals surface area contributed by atoms with Gasteiger partial charge in [0, 0.05) is 37.3 Å². The van der Waals surface area contributed by atoms with Gasteiger partial charge in [-0.2, -0.15) is 0 Å². The third kappa shape index (κ3) is 5.07. The molecular weight excluding hydrogens is 308 g/mol. The highest BCUT2D eigenvalue weighted by Gasteiger charge is 2.49. The number of carbonyl (C=O) groups is 1. The normalized spacial score (nSPS) is 28.8. The molecule has 1 aliphatic carbocycles. The van der Waals surface area contributed by atoms with Crippen molar-refractivity contribution in [1.82, 2.24) is 10.6 Å². The number of hydrogen-bond donors (Lipinski definition) is 3. The van der Waals surface area contributed by atoms with Crippen molar-refractivity contribution in [2.75, 3.05) is 19.8 Å². The quantitative estimate of drug-likeness (QED) is 0.713. The van der Waals surface area contributed by atoms with Crippen molar-refractivity contribution in [2.24, 2.45) is 11.3 Å². The summed E-state index contributed by atoms with van der Waals surface area (Å²) in [4.78, 5) is 11.9. The lowest BCUT2D eigenvalue weighted by Gasteiger charge is -2.52. The van der Waals surface area contributed by atoms with Crippen molar-refractivity contribution in [3.8, 4) is 0 Å². The van der Waals surface area contributed by atoms with E-state index in [9.17, 15) is 9.90 Å². The van der Waals surface area contributed by atoms with Crippen LogP contribution in [0.4, 0.5) is 4.79 Å². The molecule has 0 aromatic rings. The Bertz CT molecular complexity index is 427. The van der Waals surface area contributed by atoms with Crippen LogP contribution in [0.5, 0.6) is 0 Å². The predicted molar refractivity (Wildman–Crippen MR) is 92.9 cm³/mol. The second-order valence-electron chi connectivity index (χ2n) is 8.73. The van der Waals surface area contributed by atoms with Gasteiger partial charge in [0.2, 0.25) is 0 Å². The standard InChI is InChI=1S/C18H34N2O4/c1-17(2,3)24-16(22)20-15-10-14(18(15,4)5)19-11-13(21)12-6-8-23-9-7-12/h12-15,19,21H,6-11H2,1-5H3,(H,20,22). The number of amides is 1. The minimum Gasteiger partial charge on any atom is -0.444 e. The topological polar surface area (TPSA) is 79.8 Å². The first-order valence-electron chi connectivity index (χ1n) is 9.08. The molecule has 2 fully saturated rings. The van der Waals surface area contributed by atoms with Crippen LogP contribution in [-0.2, 0) is 9.47 Å². The molecule has 0 aromatic heterocycles. The highest BCUT2D eigenvalue weighted by molar-refractivity contribution is 5.68. The molecule has 140 valence electrons. The fraction of sp³-hybridized carbons (Fsp3) is 0.944. The summed E-state index contributed by atoms with van der Waals surface area (Å²) in [6.45, 7) is 11.9. The van der Waals surface area contributed by atoms with E-state index in [0.717, 1.165) is 32.5 Å². The minimum atomic E-state index is -0.483. The third-order valence-corrected chi connectivity index (χ3v) is 5.34. The Morgan fingerprint density at radius 2 is 1.92 bits per heavy atom. The number of aliphatic hydroxyl groups excluding tert-OH is 1. The van der Waals surface area contributed by atoms with Crippen molar-refractivity contribution >= 4 is 6.09 Å². The number of ether oxygens (including phenoxy) is 2. The Balaban J connectivity index is 1.73. The van der Waals surface area contributed by atoms with Crippen molar-refractivity contribution in [1.29, 1.82) is 0 Å². The molecule has 0 bridgehead atoms. The molecule has 0 radical (unpaired) electrons. The summed E-state index contributed by atoms with van der Waals surface area (Å²) in [5.74, 6) is 0.324. The summed E-state index contributed by atoms with van der Waals surface area (Å²) in [5.41, 5.74) is -0.546. The minimum absolute atomic E-state index is 0.0632. The maximum Gasteiger partial charge on any atom is 0.407 e. The number of hydrogen-bond acceptors (Lipinski definition) is 5. The summed E-state index contributed by atoms with van der Waals surface area (Å²) < 4.78 is 10.7. The van der Waals surface area contributed by atoms with E-state index in [1.807, 2.05) is 20.8 Å². The van der Waals surface area contributed by atoms with E-state index in [-0.39, 0.29) is 29.7 Å². The molecular formula is C18H34N2O4. The second-order valence-corrected chi connectivity index (χ2v) is 8.73. The second kappa shape index (κ2) is 7.58. The van der Waals surface area contributed by atoms with Gasteiger partial charge in [0.25, 0.3) is 0 Å². The van der Waals surface area contributed by atoms with E-state index in [4.69, 9.17) is 9.47 Å². The van der Waals surface area contributed by atoms with Gasteiger partial charge in [-0.15, -0.1) is 0 Å². The molecule has 6 nitrogen and oxygen atoms in total. The lowest BCUT2D eigenvalue weighted by Crippen LogP contribution is -2.66. The van der Waals surface area contributed by atoms with Crippen molar-refractivity contribution in [3.63, 3.8) is 0 Å². The smallest absolute Gasteiger partial charge is 0.407 e. The number of rotatable bonds is 5. The Morgan fingerprint density at radius 1 is 1.29 bits per heavy atom. The fourth-order valence-corrected chi connectivity index (χ4v) is 3.50. The van der Waals surface area contributed by atoms with E-state index in [1.54, 1.807) is 0 Å². The molecule has 3 atom stereocenters. The molecule has 6 heteroatoms. The molecule has 2 rings (SSSR count). The fourth-order valence-electron chi connectivity index (χ4n) is 3.50. The van der Waals surface area contributed by atoms with Crippen LogP contribution in [0.3, 0.4) is 0 Å². The third-order valence-electron chi connectivity index (χ3n) is 5.34. The van der Waals surface area contributed by atoms with Crippen molar-refractivity contribution in [2.45, 2.75) is 77.7 Å². The molecule has 0 aromatic carbocycles. The van der Waals surface area contributed by atoms with Gasteiger partial charge >= 0.3 is 6.09 Å². The summed E-state index contributed by atoms with van der Waals surface area (Å²) >= 11 is 0. The summed E-state index contributed by atoms with van der Waals surface area (Å²) in [5, 5.41) is 16.8. The van der Waals surface area contributed by atoms with Crippen LogP contribution in [0.1, 0.15) is 53.9 Å². The van der Waals surface area contributed by atoms with E-state index < -0.39 is 5.60 Å². The first kappa shape index (κ1) is 19.5. The van der Waals surface area contributed by atoms with E-state index in [2.05, 4.69) is 24.5 Å². The maximum absolute atomic E-state index is 11.9. The molecule has 24 heavy (non-hydrogen) atoms. The van der Waals surface area contributed by atoms with Gasteiger partial charge in [0.15, 0.2) is 0 Å². The summed E-state index contributed by atoms with van der Waals surface area (Å²) in [6, 6.07) is 0.372. The zero-order chi connectivity index (χ0) is 18.0. The molecule has 1 aliphatic heterocycles. The predicted octanol–water partition coefficient (Wildman–Crippen LogP) is 2.06. The number of carbonyl (C=O) groups excluding carboxylic acids is 1. The van der Waals surface area contributed by atoms with Crippen molar-refractivity contribution < 1.29 is 19.4 Å². The van der Waals surface area contributed by atoms with Crippen LogP contribution in [0.15, 0.2) is 0 Å². The van der Waals surface area contributed by atoms with E-state index in [0.29, 0.717) is 12.5 Å². The molecule has 1 saturated carbocycles. The molecule has 2 aliphatic rings. The average Bonchev–Trinajstić information content (AvgIpc) is 2.49. The SMILES string of the molecule is CC(C)(C)OC(=O)NC1CC(NCC(O)C2CCOCC2)C1(C)C. The van der Waals surface area contributed by atoms with Crippen LogP contribution in [0, 0.1) is 11.3 Å². The molecule has 3 unspecified atom stereocenters. The van der Waals surface area contributed by atoms with Crippen LogP contribution in [0.2, 0.25) is 0 Å². The zero-order valence-electron chi connectivity index (χ0n) is 15.7. The van der Waals surface area contributed by atoms with Gasteiger partial charge in [-0.25, -0.2) is 4.79 Å². The van der Waals surface area contributed by atoms with Gasteiger partial charge < -0.3 is 25.2 Å². The number of alkyl carbamates (subject to hydrolysis) is 1. The zero-order valence-corrected chi connectivity index (χ0v) is 15.7. The average molecular weight is 342 g/mol. The van der Waals surface area contributed by atoms with Crippen LogP contribution in [0.25, 0.3) is 0 Å². The summed E-state index contributed by atoms with van der Waals surface area (Å²) in [6.07, 6.45) is 2.02. The molecule has 3 N–H and O–H groups in total. The molecule has 0 spiro atoms. The van der Waals surface area contributed by atoms with E-state index >= 15 is 0 Å². The molecule has 1 heterocycles. The van der Waals surface area contributed by atoms with Crippen LogP contribution in [-0.4, -0.2) is 54.7 Å². The molecule has 1 amide bonds. The van der Waals surface area contributed by atoms with Gasteiger partial charge in [-0.1, -0.05) is 13.8 Å². The van der Waals surface area contributed by atoms with Crippen molar-refractivity contribution in [3.05, 3.63) is 0 Å². The largest absolute Gasteiger partial charge is 0.444 e. The Kier molecular flexibility index (Phi) is 6.15. The lowest BCUT2D eigenvalue weighted by atomic mass is 9.62. The number of aliphatic hydroxyl groups is 1. The van der Waals surface area contributed by atoms with Gasteiger partial charge in [-0.05, 0) is 46.0 Å². The Labute approximate surface area is 145 Å². The Hall–Kier alpha value is -0.850. The first-order chi connectivity index (χ1) is 11.1. The van der Waals surface area contributed by atoms with Gasteiger partial charge in [0.05, 0.1) is 6.10 Å². The van der Waals surface area contributed by atoms with Crippen LogP contribution < -0.4 is 10.6 Å². The highest BCUT2D eigenvalue weighted by Crippen LogP contribution is 2.40. The highest BCUT2D eigenvalue weighted by atomic mass is 16.6. The van der Waals surface area contributed by atoms with Crippen LogP contribution >= 0.6 is 0 Å². The van der Waals surface area contributed by atoms with E-state index in [1.165, 1.54) is 0 Å². The molecule has 1 saturated heterocycles.